The maximum absolute atomic E-state index is 6.01. The molecule has 4 atom stereocenters. The van der Waals surface area contributed by atoms with Crippen LogP contribution in [0.1, 0.15) is 32.4 Å². The van der Waals surface area contributed by atoms with Crippen LogP contribution >= 0.6 is 0 Å². The molecule has 15 heavy (non-hydrogen) atoms. The Bertz CT molecular complexity index is 387. The van der Waals surface area contributed by atoms with E-state index >= 15 is 0 Å². The molecule has 1 saturated heterocycles. The first-order valence-corrected chi connectivity index (χ1v) is 5.80. The molecule has 1 aliphatic heterocycles. The number of nitrogens with zero attached hydrogens (tertiary/aromatic N) is 2. The standard InChI is InChI=1S/C12H18N2O/c1-8-6-9(2)11-12(7-8,15-11)10-4-5-13-14(10)3/h4-5,8-9,11H,6-7H2,1-3H3/t8-,9+,11-,12-/m1/s1. The van der Waals surface area contributed by atoms with Crippen LogP contribution in [-0.2, 0) is 17.4 Å². The summed E-state index contributed by atoms with van der Waals surface area (Å²) in [5.41, 5.74) is 1.26. The first kappa shape index (κ1) is 9.40. The van der Waals surface area contributed by atoms with Gasteiger partial charge < -0.3 is 4.74 Å². The molecule has 3 rings (SSSR count). The second kappa shape index (κ2) is 2.85. The molecule has 2 heterocycles. The minimum atomic E-state index is 0.00231. The molecule has 2 aliphatic rings. The number of ether oxygens (including phenoxy) is 1. The Hall–Kier alpha value is -0.830. The van der Waals surface area contributed by atoms with Crippen LogP contribution in [0.25, 0.3) is 0 Å². The Morgan fingerprint density at radius 2 is 2.33 bits per heavy atom. The van der Waals surface area contributed by atoms with E-state index in [9.17, 15) is 0 Å². The van der Waals surface area contributed by atoms with E-state index < -0.39 is 0 Å². The van der Waals surface area contributed by atoms with Crippen molar-refractivity contribution >= 4 is 0 Å². The van der Waals surface area contributed by atoms with E-state index in [0.717, 1.165) is 12.3 Å². The van der Waals surface area contributed by atoms with Crippen molar-refractivity contribution in [2.45, 2.75) is 38.4 Å². The molecule has 1 saturated carbocycles. The van der Waals surface area contributed by atoms with Crippen LogP contribution in [0.2, 0.25) is 0 Å². The third-order valence-corrected chi connectivity index (χ3v) is 3.94. The predicted molar refractivity (Wildman–Crippen MR) is 57.3 cm³/mol. The Balaban J connectivity index is 1.97. The van der Waals surface area contributed by atoms with Gasteiger partial charge in [0.25, 0.3) is 0 Å². The van der Waals surface area contributed by atoms with Gasteiger partial charge in [0.05, 0.1) is 11.8 Å². The van der Waals surface area contributed by atoms with Crippen LogP contribution in [-0.4, -0.2) is 15.9 Å². The van der Waals surface area contributed by atoms with E-state index in [2.05, 4.69) is 25.0 Å². The van der Waals surface area contributed by atoms with Crippen molar-refractivity contribution in [3.8, 4) is 0 Å². The van der Waals surface area contributed by atoms with Crippen molar-refractivity contribution < 1.29 is 4.74 Å². The van der Waals surface area contributed by atoms with Gasteiger partial charge >= 0.3 is 0 Å². The summed E-state index contributed by atoms with van der Waals surface area (Å²) < 4.78 is 7.98. The summed E-state index contributed by atoms with van der Waals surface area (Å²) >= 11 is 0. The Morgan fingerprint density at radius 3 is 3.00 bits per heavy atom. The fourth-order valence-corrected chi connectivity index (χ4v) is 3.39. The van der Waals surface area contributed by atoms with E-state index in [4.69, 9.17) is 4.74 Å². The van der Waals surface area contributed by atoms with Crippen molar-refractivity contribution in [2.24, 2.45) is 18.9 Å². The van der Waals surface area contributed by atoms with Crippen molar-refractivity contribution in [3.05, 3.63) is 18.0 Å². The normalized spacial score (nSPS) is 43.8. The fourth-order valence-electron chi connectivity index (χ4n) is 3.39. The number of hydrogen-bond donors (Lipinski definition) is 0. The van der Waals surface area contributed by atoms with E-state index in [0.29, 0.717) is 12.0 Å². The van der Waals surface area contributed by atoms with E-state index in [-0.39, 0.29) is 5.60 Å². The summed E-state index contributed by atoms with van der Waals surface area (Å²) in [6.45, 7) is 4.63. The molecule has 0 N–H and O–H groups in total. The second-order valence-corrected chi connectivity index (χ2v) is 5.29. The van der Waals surface area contributed by atoms with Gasteiger partial charge in [0, 0.05) is 13.2 Å². The molecule has 0 spiro atoms. The first-order chi connectivity index (χ1) is 7.13. The quantitative estimate of drug-likeness (QED) is 0.659. The van der Waals surface area contributed by atoms with Crippen molar-refractivity contribution in [3.63, 3.8) is 0 Å². The van der Waals surface area contributed by atoms with Gasteiger partial charge in [-0.2, -0.15) is 5.10 Å². The Labute approximate surface area is 90.4 Å². The van der Waals surface area contributed by atoms with Gasteiger partial charge in [0.2, 0.25) is 0 Å². The molecule has 0 amide bonds. The highest BCUT2D eigenvalue weighted by Crippen LogP contribution is 2.58. The molecular formula is C12H18N2O. The number of fused-ring (bicyclic) bond motifs is 1. The first-order valence-electron chi connectivity index (χ1n) is 5.80. The number of aromatic nitrogens is 2. The van der Waals surface area contributed by atoms with Crippen LogP contribution in [0.3, 0.4) is 0 Å². The van der Waals surface area contributed by atoms with Gasteiger partial charge in [-0.1, -0.05) is 13.8 Å². The zero-order valence-corrected chi connectivity index (χ0v) is 9.60. The van der Waals surface area contributed by atoms with Gasteiger partial charge in [0.1, 0.15) is 5.60 Å². The maximum Gasteiger partial charge on any atom is 0.137 e. The smallest absolute Gasteiger partial charge is 0.137 e. The number of aryl methyl sites for hydroxylation is 1. The minimum Gasteiger partial charge on any atom is -0.359 e. The van der Waals surface area contributed by atoms with Crippen LogP contribution < -0.4 is 0 Å². The third-order valence-electron chi connectivity index (χ3n) is 3.94. The van der Waals surface area contributed by atoms with E-state index in [1.54, 1.807) is 0 Å². The molecule has 0 radical (unpaired) electrons. The van der Waals surface area contributed by atoms with E-state index in [1.807, 2.05) is 17.9 Å². The average molecular weight is 206 g/mol. The predicted octanol–water partition coefficient (Wildman–Crippen LogP) is 2.08. The topological polar surface area (TPSA) is 30.4 Å². The molecule has 0 aromatic carbocycles. The fraction of sp³-hybridized carbons (Fsp3) is 0.750. The lowest BCUT2D eigenvalue weighted by atomic mass is 9.75. The monoisotopic (exact) mass is 206 g/mol. The van der Waals surface area contributed by atoms with Gasteiger partial charge in [-0.25, -0.2) is 0 Å². The maximum atomic E-state index is 6.01. The molecule has 82 valence electrons. The summed E-state index contributed by atoms with van der Waals surface area (Å²) in [4.78, 5) is 0. The lowest BCUT2D eigenvalue weighted by Crippen LogP contribution is -2.29. The molecule has 0 bridgehead atoms. The highest BCUT2D eigenvalue weighted by atomic mass is 16.6. The zero-order chi connectivity index (χ0) is 10.6. The number of epoxide rings is 1. The van der Waals surface area contributed by atoms with Gasteiger partial charge in [-0.05, 0) is 30.7 Å². The summed E-state index contributed by atoms with van der Waals surface area (Å²) in [6.07, 6.45) is 4.75. The lowest BCUT2D eigenvalue weighted by molar-refractivity contribution is 0.250. The van der Waals surface area contributed by atoms with Crippen molar-refractivity contribution in [2.75, 3.05) is 0 Å². The van der Waals surface area contributed by atoms with Crippen LogP contribution in [0, 0.1) is 11.8 Å². The van der Waals surface area contributed by atoms with Gasteiger partial charge in [-0.3, -0.25) is 4.68 Å². The molecular weight excluding hydrogens is 188 g/mol. The van der Waals surface area contributed by atoms with Gasteiger partial charge in [0.15, 0.2) is 0 Å². The van der Waals surface area contributed by atoms with Gasteiger partial charge in [-0.15, -0.1) is 0 Å². The molecule has 1 aliphatic carbocycles. The second-order valence-electron chi connectivity index (χ2n) is 5.29. The summed E-state index contributed by atoms with van der Waals surface area (Å²) in [5, 5.41) is 4.25. The number of rotatable bonds is 1. The Kier molecular flexibility index (Phi) is 1.78. The van der Waals surface area contributed by atoms with Crippen molar-refractivity contribution in [1.82, 2.24) is 9.78 Å². The molecule has 0 unspecified atom stereocenters. The largest absolute Gasteiger partial charge is 0.359 e. The highest BCUT2D eigenvalue weighted by Gasteiger charge is 2.63. The van der Waals surface area contributed by atoms with Crippen LogP contribution in [0.5, 0.6) is 0 Å². The molecule has 2 fully saturated rings. The SMILES string of the molecule is C[C@@H]1C[C@H](C)[C@H]2O[C@@]2(c2ccnn2C)C1. The summed E-state index contributed by atoms with van der Waals surface area (Å²) in [6, 6.07) is 2.10. The molecule has 3 heteroatoms. The van der Waals surface area contributed by atoms with E-state index in [1.165, 1.54) is 12.1 Å². The van der Waals surface area contributed by atoms with Crippen LogP contribution in [0.4, 0.5) is 0 Å². The number of hydrogen-bond acceptors (Lipinski definition) is 2. The summed E-state index contributed by atoms with van der Waals surface area (Å²) in [7, 11) is 2.01. The van der Waals surface area contributed by atoms with Crippen LogP contribution in [0.15, 0.2) is 12.3 Å². The average Bonchev–Trinajstić information content (AvgIpc) is 2.73. The molecule has 1 aromatic rings. The minimum absolute atomic E-state index is 0.00231. The molecule has 1 aromatic heterocycles. The summed E-state index contributed by atoms with van der Waals surface area (Å²) in [5.74, 6) is 1.44. The molecule has 3 nitrogen and oxygen atoms in total. The highest BCUT2D eigenvalue weighted by molar-refractivity contribution is 5.24. The Morgan fingerprint density at radius 1 is 1.53 bits per heavy atom. The zero-order valence-electron chi connectivity index (χ0n) is 9.60. The third kappa shape index (κ3) is 1.19. The van der Waals surface area contributed by atoms with Crippen molar-refractivity contribution in [1.29, 1.82) is 0 Å². The lowest BCUT2D eigenvalue weighted by Gasteiger charge is -2.26.